The molecular formula is C12H22N2O2. The first-order chi connectivity index (χ1) is 7.35. The topological polar surface area (TPSA) is 52.6 Å². The smallest absolute Gasteiger partial charge is 0.407 e. The van der Waals surface area contributed by atoms with Crippen molar-refractivity contribution in [1.29, 1.82) is 0 Å². The number of carboxylic acid groups (broad SMARTS) is 1. The third-order valence-electron chi connectivity index (χ3n) is 4.17. The van der Waals surface area contributed by atoms with E-state index in [-0.39, 0.29) is 5.41 Å². The van der Waals surface area contributed by atoms with Crippen molar-refractivity contribution in [1.82, 2.24) is 10.2 Å². The first kappa shape index (κ1) is 11.7. The minimum Gasteiger partial charge on any atom is -0.465 e. The Morgan fingerprint density at radius 3 is 2.25 bits per heavy atom. The van der Waals surface area contributed by atoms with E-state index in [1.165, 1.54) is 0 Å². The molecule has 0 bridgehead atoms. The molecule has 4 heteroatoms. The molecule has 2 heterocycles. The lowest BCUT2D eigenvalue weighted by Gasteiger charge is -2.59. The molecule has 2 rings (SSSR count). The molecule has 1 amide bonds. The lowest BCUT2D eigenvalue weighted by atomic mass is 9.59. The Hall–Kier alpha value is -0.770. The molecule has 2 saturated heterocycles. The van der Waals surface area contributed by atoms with Crippen molar-refractivity contribution in [2.75, 3.05) is 19.6 Å². The van der Waals surface area contributed by atoms with Gasteiger partial charge in [0.1, 0.15) is 0 Å². The maximum Gasteiger partial charge on any atom is 0.407 e. The molecule has 2 N–H and O–H groups in total. The second-order valence-corrected chi connectivity index (χ2v) is 6.31. The maximum atomic E-state index is 10.9. The van der Waals surface area contributed by atoms with Crippen molar-refractivity contribution in [3.8, 4) is 0 Å². The third-order valence-corrected chi connectivity index (χ3v) is 4.17. The van der Waals surface area contributed by atoms with Crippen LogP contribution < -0.4 is 5.32 Å². The average Bonchev–Trinajstić information content (AvgIpc) is 2.13. The van der Waals surface area contributed by atoms with Crippen LogP contribution in [0.4, 0.5) is 4.79 Å². The minimum absolute atomic E-state index is 0.268. The van der Waals surface area contributed by atoms with Crippen molar-refractivity contribution >= 4 is 6.09 Å². The van der Waals surface area contributed by atoms with Crippen molar-refractivity contribution < 1.29 is 9.90 Å². The normalized spacial score (nSPS) is 28.9. The van der Waals surface area contributed by atoms with Crippen LogP contribution in [0.2, 0.25) is 0 Å². The zero-order chi connectivity index (χ0) is 12.0. The molecule has 2 fully saturated rings. The molecule has 2 aliphatic heterocycles. The summed E-state index contributed by atoms with van der Waals surface area (Å²) < 4.78 is 0. The molecule has 92 valence electrons. The standard InChI is InChI=1S/C12H22N2O2/c1-11(2,3)9-12(8-13-9)4-6-14(7-5-12)10(15)16/h9,13H,4-8H2,1-3H3,(H,15,16)/t9-/m0/s1. The SMILES string of the molecule is CC(C)(C)[C@@H]1NCC12CCN(C(=O)O)CC2. The van der Waals surface area contributed by atoms with Gasteiger partial charge in [-0.05, 0) is 18.3 Å². The molecule has 4 nitrogen and oxygen atoms in total. The number of hydrogen-bond acceptors (Lipinski definition) is 2. The van der Waals surface area contributed by atoms with Crippen LogP contribution in [0.25, 0.3) is 0 Å². The van der Waals surface area contributed by atoms with Gasteiger partial charge in [-0.1, -0.05) is 20.8 Å². The van der Waals surface area contributed by atoms with Crippen LogP contribution in [0.1, 0.15) is 33.6 Å². The second-order valence-electron chi connectivity index (χ2n) is 6.31. The lowest BCUT2D eigenvalue weighted by Crippen LogP contribution is -2.70. The predicted octanol–water partition coefficient (Wildman–Crippen LogP) is 1.76. The van der Waals surface area contributed by atoms with Crippen LogP contribution in [-0.4, -0.2) is 41.8 Å². The highest BCUT2D eigenvalue weighted by Crippen LogP contribution is 2.47. The Balaban J connectivity index is 2.00. The van der Waals surface area contributed by atoms with Crippen LogP contribution in [0.3, 0.4) is 0 Å². The number of likely N-dealkylation sites (tertiary alicyclic amines) is 1. The molecule has 0 aromatic rings. The molecule has 0 aliphatic carbocycles. The molecule has 16 heavy (non-hydrogen) atoms. The summed E-state index contributed by atoms with van der Waals surface area (Å²) in [5.41, 5.74) is 0.619. The summed E-state index contributed by atoms with van der Waals surface area (Å²) >= 11 is 0. The first-order valence-corrected chi connectivity index (χ1v) is 6.06. The molecule has 0 unspecified atom stereocenters. The van der Waals surface area contributed by atoms with E-state index in [1.54, 1.807) is 4.90 Å². The number of carbonyl (C=O) groups is 1. The number of nitrogens with one attached hydrogen (secondary N) is 1. The van der Waals surface area contributed by atoms with Gasteiger partial charge < -0.3 is 15.3 Å². The van der Waals surface area contributed by atoms with Gasteiger partial charge in [0, 0.05) is 31.1 Å². The van der Waals surface area contributed by atoms with Gasteiger partial charge in [0.2, 0.25) is 0 Å². The Labute approximate surface area is 97.0 Å². The van der Waals surface area contributed by atoms with Crippen molar-refractivity contribution in [2.45, 2.75) is 39.7 Å². The Kier molecular flexibility index (Phi) is 2.65. The van der Waals surface area contributed by atoms with Gasteiger partial charge in [-0.2, -0.15) is 0 Å². The highest BCUT2D eigenvalue weighted by Gasteiger charge is 2.52. The van der Waals surface area contributed by atoms with Crippen molar-refractivity contribution in [3.05, 3.63) is 0 Å². The van der Waals surface area contributed by atoms with Gasteiger partial charge >= 0.3 is 6.09 Å². The Morgan fingerprint density at radius 2 is 1.94 bits per heavy atom. The summed E-state index contributed by atoms with van der Waals surface area (Å²) in [6.07, 6.45) is 1.25. The monoisotopic (exact) mass is 226 g/mol. The van der Waals surface area contributed by atoms with Crippen LogP contribution in [0, 0.1) is 10.8 Å². The summed E-state index contributed by atoms with van der Waals surface area (Å²) in [5.74, 6) is 0. The van der Waals surface area contributed by atoms with Gasteiger partial charge in [0.05, 0.1) is 0 Å². The number of rotatable bonds is 0. The number of piperidine rings is 1. The fourth-order valence-corrected chi connectivity index (χ4v) is 3.33. The molecule has 0 radical (unpaired) electrons. The predicted molar refractivity (Wildman–Crippen MR) is 62.5 cm³/mol. The van der Waals surface area contributed by atoms with Gasteiger partial charge in [-0.15, -0.1) is 0 Å². The summed E-state index contributed by atoms with van der Waals surface area (Å²) in [6.45, 7) is 9.23. The Morgan fingerprint density at radius 1 is 1.38 bits per heavy atom. The molecule has 1 spiro atoms. The fourth-order valence-electron chi connectivity index (χ4n) is 3.33. The van der Waals surface area contributed by atoms with Gasteiger partial charge in [0.25, 0.3) is 0 Å². The quantitative estimate of drug-likeness (QED) is 0.662. The van der Waals surface area contributed by atoms with Gasteiger partial charge in [-0.25, -0.2) is 4.79 Å². The van der Waals surface area contributed by atoms with Crippen LogP contribution in [-0.2, 0) is 0 Å². The zero-order valence-corrected chi connectivity index (χ0v) is 10.4. The molecular weight excluding hydrogens is 204 g/mol. The molecule has 0 saturated carbocycles. The fraction of sp³-hybridized carbons (Fsp3) is 0.917. The van der Waals surface area contributed by atoms with Crippen molar-refractivity contribution in [3.63, 3.8) is 0 Å². The lowest BCUT2D eigenvalue weighted by molar-refractivity contribution is -0.0391. The molecule has 0 aromatic heterocycles. The summed E-state index contributed by atoms with van der Waals surface area (Å²) in [5, 5.41) is 12.5. The number of hydrogen-bond donors (Lipinski definition) is 2. The van der Waals surface area contributed by atoms with Crippen LogP contribution in [0.15, 0.2) is 0 Å². The summed E-state index contributed by atoms with van der Waals surface area (Å²) in [6, 6.07) is 0.538. The zero-order valence-electron chi connectivity index (χ0n) is 10.4. The molecule has 0 aromatic carbocycles. The van der Waals surface area contributed by atoms with E-state index < -0.39 is 6.09 Å². The third kappa shape index (κ3) is 1.79. The van der Waals surface area contributed by atoms with Crippen LogP contribution >= 0.6 is 0 Å². The van der Waals surface area contributed by atoms with Crippen LogP contribution in [0.5, 0.6) is 0 Å². The van der Waals surface area contributed by atoms with E-state index in [0.717, 1.165) is 19.4 Å². The average molecular weight is 226 g/mol. The highest BCUT2D eigenvalue weighted by atomic mass is 16.4. The van der Waals surface area contributed by atoms with E-state index in [1.807, 2.05) is 0 Å². The van der Waals surface area contributed by atoms with Gasteiger partial charge in [0.15, 0.2) is 0 Å². The first-order valence-electron chi connectivity index (χ1n) is 6.06. The summed E-state index contributed by atoms with van der Waals surface area (Å²) in [7, 11) is 0. The number of amides is 1. The van der Waals surface area contributed by atoms with E-state index in [4.69, 9.17) is 5.11 Å². The largest absolute Gasteiger partial charge is 0.465 e. The minimum atomic E-state index is -0.769. The maximum absolute atomic E-state index is 10.9. The number of nitrogens with zero attached hydrogens (tertiary/aromatic N) is 1. The van der Waals surface area contributed by atoms with E-state index >= 15 is 0 Å². The molecule has 2 aliphatic rings. The second kappa shape index (κ2) is 3.62. The van der Waals surface area contributed by atoms with E-state index in [2.05, 4.69) is 26.1 Å². The van der Waals surface area contributed by atoms with Crippen molar-refractivity contribution in [2.24, 2.45) is 10.8 Å². The Bertz CT molecular complexity index is 288. The van der Waals surface area contributed by atoms with Gasteiger partial charge in [-0.3, -0.25) is 0 Å². The highest BCUT2D eigenvalue weighted by molar-refractivity contribution is 5.65. The summed E-state index contributed by atoms with van der Waals surface area (Å²) in [4.78, 5) is 12.4. The molecule has 1 atom stereocenters. The van der Waals surface area contributed by atoms with E-state index in [9.17, 15) is 4.79 Å². The van der Waals surface area contributed by atoms with E-state index in [0.29, 0.717) is 24.5 Å².